The molecule has 3 N–H and O–H groups in total. The van der Waals surface area contributed by atoms with Gasteiger partial charge in [0.15, 0.2) is 11.5 Å². The SMILES string of the molecule is CCOc1cc(C=C2NC(=O)N(CC(=O)Nc3ccc(Br)cc3)C2=O)ccc1OCc1ccc(C(=O)O)o1. The first-order valence-electron chi connectivity index (χ1n) is 11.3. The van der Waals surface area contributed by atoms with Gasteiger partial charge in [-0.25, -0.2) is 14.5 Å². The van der Waals surface area contributed by atoms with Crippen LogP contribution in [0.5, 0.6) is 11.5 Å². The van der Waals surface area contributed by atoms with Gasteiger partial charge in [0.1, 0.15) is 24.6 Å². The molecule has 1 aromatic heterocycles. The molecule has 0 bridgehead atoms. The Morgan fingerprint density at radius 3 is 2.53 bits per heavy atom. The van der Waals surface area contributed by atoms with Gasteiger partial charge in [0, 0.05) is 10.2 Å². The largest absolute Gasteiger partial charge is 0.490 e. The van der Waals surface area contributed by atoms with Crippen molar-refractivity contribution in [2.45, 2.75) is 13.5 Å². The van der Waals surface area contributed by atoms with Gasteiger partial charge in [-0.2, -0.15) is 0 Å². The molecule has 0 atom stereocenters. The zero-order valence-electron chi connectivity index (χ0n) is 20.0. The number of amides is 4. The van der Waals surface area contributed by atoms with Crippen LogP contribution in [-0.2, 0) is 16.2 Å². The third kappa shape index (κ3) is 6.40. The van der Waals surface area contributed by atoms with E-state index in [1.165, 1.54) is 18.2 Å². The molecule has 0 saturated carbocycles. The molecule has 2 heterocycles. The monoisotopic (exact) mass is 583 g/mol. The second kappa shape index (κ2) is 11.6. The number of imide groups is 1. The van der Waals surface area contributed by atoms with Gasteiger partial charge in [-0.05, 0) is 67.1 Å². The average molecular weight is 584 g/mol. The molecule has 1 aliphatic rings. The highest BCUT2D eigenvalue weighted by Crippen LogP contribution is 2.30. The van der Waals surface area contributed by atoms with E-state index in [4.69, 9.17) is 19.0 Å². The Bertz CT molecular complexity index is 1410. The van der Waals surface area contributed by atoms with E-state index in [1.807, 2.05) is 0 Å². The second-order valence-corrected chi connectivity index (χ2v) is 8.85. The molecule has 38 heavy (non-hydrogen) atoms. The van der Waals surface area contributed by atoms with Crippen molar-refractivity contribution >= 4 is 51.5 Å². The fourth-order valence-electron chi connectivity index (χ4n) is 3.48. The number of carboxylic acid groups (broad SMARTS) is 1. The van der Waals surface area contributed by atoms with Crippen LogP contribution in [0.4, 0.5) is 10.5 Å². The number of rotatable bonds is 10. The smallest absolute Gasteiger partial charge is 0.371 e. The summed E-state index contributed by atoms with van der Waals surface area (Å²) in [7, 11) is 0. The minimum absolute atomic E-state index is 0.000607. The number of aromatic carboxylic acids is 1. The number of carbonyl (C=O) groups excluding carboxylic acids is 3. The average Bonchev–Trinajstić information content (AvgIpc) is 3.46. The highest BCUT2D eigenvalue weighted by Gasteiger charge is 2.35. The molecule has 196 valence electrons. The summed E-state index contributed by atoms with van der Waals surface area (Å²) in [6.07, 6.45) is 1.46. The van der Waals surface area contributed by atoms with Gasteiger partial charge in [0.25, 0.3) is 5.91 Å². The van der Waals surface area contributed by atoms with E-state index in [2.05, 4.69) is 26.6 Å². The van der Waals surface area contributed by atoms with E-state index in [0.717, 1.165) is 9.37 Å². The van der Waals surface area contributed by atoms with Gasteiger partial charge in [0.2, 0.25) is 11.7 Å². The van der Waals surface area contributed by atoms with Crippen LogP contribution in [0.25, 0.3) is 6.08 Å². The summed E-state index contributed by atoms with van der Waals surface area (Å²) in [5, 5.41) is 14.1. The molecule has 3 aromatic rings. The quantitative estimate of drug-likeness (QED) is 0.237. The Balaban J connectivity index is 1.43. The summed E-state index contributed by atoms with van der Waals surface area (Å²) in [5.41, 5.74) is 1.07. The maximum atomic E-state index is 12.8. The number of urea groups is 1. The number of furan rings is 1. The number of nitrogens with zero attached hydrogens (tertiary/aromatic N) is 1. The zero-order chi connectivity index (χ0) is 27.2. The topological polar surface area (TPSA) is 147 Å². The van der Waals surface area contributed by atoms with Crippen molar-refractivity contribution in [3.8, 4) is 11.5 Å². The summed E-state index contributed by atoms with van der Waals surface area (Å²) >= 11 is 3.31. The van der Waals surface area contributed by atoms with Crippen LogP contribution in [0.15, 0.2) is 69.2 Å². The van der Waals surface area contributed by atoms with Crippen LogP contribution in [0.2, 0.25) is 0 Å². The first-order chi connectivity index (χ1) is 18.2. The Hall–Kier alpha value is -4.58. The third-order valence-electron chi connectivity index (χ3n) is 5.21. The number of carboxylic acids is 1. The Kier molecular flexibility index (Phi) is 8.12. The van der Waals surface area contributed by atoms with Crippen LogP contribution < -0.4 is 20.1 Å². The molecular formula is C26H22BrN3O8. The molecule has 1 aliphatic heterocycles. The normalized spacial score (nSPS) is 13.9. The van der Waals surface area contributed by atoms with E-state index in [-0.39, 0.29) is 18.1 Å². The zero-order valence-corrected chi connectivity index (χ0v) is 21.6. The van der Waals surface area contributed by atoms with Crippen molar-refractivity contribution in [3.05, 3.63) is 81.9 Å². The molecule has 0 unspecified atom stereocenters. The molecule has 12 heteroatoms. The Labute approximate surface area is 225 Å². The van der Waals surface area contributed by atoms with E-state index in [1.54, 1.807) is 49.4 Å². The molecule has 1 fully saturated rings. The highest BCUT2D eigenvalue weighted by molar-refractivity contribution is 9.10. The first kappa shape index (κ1) is 26.5. The maximum absolute atomic E-state index is 12.8. The lowest BCUT2D eigenvalue weighted by Crippen LogP contribution is -2.38. The molecule has 1 saturated heterocycles. The number of hydrogen-bond donors (Lipinski definition) is 3. The number of benzene rings is 2. The molecule has 0 spiro atoms. The van der Waals surface area contributed by atoms with Gasteiger partial charge < -0.3 is 29.6 Å². The maximum Gasteiger partial charge on any atom is 0.371 e. The lowest BCUT2D eigenvalue weighted by atomic mass is 10.1. The third-order valence-corrected chi connectivity index (χ3v) is 5.74. The van der Waals surface area contributed by atoms with E-state index >= 15 is 0 Å². The summed E-state index contributed by atoms with van der Waals surface area (Å²) in [6.45, 7) is 1.64. The molecule has 4 amide bonds. The van der Waals surface area contributed by atoms with Crippen molar-refractivity contribution in [1.82, 2.24) is 10.2 Å². The predicted molar refractivity (Wildman–Crippen MR) is 139 cm³/mol. The second-order valence-electron chi connectivity index (χ2n) is 7.93. The van der Waals surface area contributed by atoms with Crippen LogP contribution in [0.3, 0.4) is 0 Å². The highest BCUT2D eigenvalue weighted by atomic mass is 79.9. The van der Waals surface area contributed by atoms with Crippen LogP contribution >= 0.6 is 15.9 Å². The fraction of sp³-hybridized carbons (Fsp3) is 0.154. The molecule has 0 aliphatic carbocycles. The van der Waals surface area contributed by atoms with Crippen molar-refractivity contribution in [1.29, 1.82) is 0 Å². The number of nitrogens with one attached hydrogen (secondary N) is 2. The van der Waals surface area contributed by atoms with Gasteiger partial charge in [-0.1, -0.05) is 22.0 Å². The van der Waals surface area contributed by atoms with E-state index < -0.39 is 30.4 Å². The first-order valence-corrected chi connectivity index (χ1v) is 12.1. The molecule has 4 rings (SSSR count). The van der Waals surface area contributed by atoms with Gasteiger partial charge >= 0.3 is 12.0 Å². The Morgan fingerprint density at radius 1 is 1.08 bits per heavy atom. The van der Waals surface area contributed by atoms with E-state index in [9.17, 15) is 19.2 Å². The standard InChI is InChI=1S/C26H22BrN3O8/c1-2-36-22-12-15(3-9-20(22)37-14-18-8-10-21(38-18)25(33)34)11-19-24(32)30(26(35)29-19)13-23(31)28-17-6-4-16(27)5-7-17/h3-12H,2,13-14H2,1H3,(H,28,31)(H,29,35)(H,33,34). The number of ether oxygens (including phenoxy) is 2. The van der Waals surface area contributed by atoms with Gasteiger partial charge in [-0.3, -0.25) is 9.59 Å². The van der Waals surface area contributed by atoms with Crippen molar-refractivity contribution in [3.63, 3.8) is 0 Å². The van der Waals surface area contributed by atoms with Crippen molar-refractivity contribution in [2.24, 2.45) is 0 Å². The van der Waals surface area contributed by atoms with Crippen molar-refractivity contribution < 1.29 is 38.2 Å². The number of halogens is 1. The summed E-state index contributed by atoms with van der Waals surface area (Å²) < 4.78 is 17.4. The molecule has 2 aromatic carbocycles. The number of hydrogen-bond acceptors (Lipinski definition) is 7. The number of anilines is 1. The summed E-state index contributed by atoms with van der Waals surface area (Å²) in [6, 6.07) is 13.9. The Morgan fingerprint density at radius 2 is 1.84 bits per heavy atom. The predicted octanol–water partition coefficient (Wildman–Crippen LogP) is 4.25. The number of carbonyl (C=O) groups is 4. The van der Waals surface area contributed by atoms with Crippen LogP contribution in [-0.4, -0.2) is 47.0 Å². The van der Waals surface area contributed by atoms with Crippen molar-refractivity contribution in [2.75, 3.05) is 18.5 Å². The lowest BCUT2D eigenvalue weighted by molar-refractivity contribution is -0.127. The summed E-state index contributed by atoms with van der Waals surface area (Å²) in [5.74, 6) is -1.49. The minimum atomic E-state index is -1.18. The van der Waals surface area contributed by atoms with E-state index in [0.29, 0.717) is 35.1 Å². The van der Waals surface area contributed by atoms with Gasteiger partial charge in [0.05, 0.1) is 6.61 Å². The minimum Gasteiger partial charge on any atom is -0.490 e. The molecular weight excluding hydrogens is 562 g/mol. The van der Waals surface area contributed by atoms with Gasteiger partial charge in [-0.15, -0.1) is 0 Å². The fourth-order valence-corrected chi connectivity index (χ4v) is 3.74. The lowest BCUT2D eigenvalue weighted by Gasteiger charge is -2.12. The van der Waals surface area contributed by atoms with Crippen LogP contribution in [0.1, 0.15) is 28.8 Å². The molecule has 11 nitrogen and oxygen atoms in total. The van der Waals surface area contributed by atoms with Crippen LogP contribution in [0, 0.1) is 0 Å². The molecule has 0 radical (unpaired) electrons. The summed E-state index contributed by atoms with van der Waals surface area (Å²) in [4.78, 5) is 49.4.